The summed E-state index contributed by atoms with van der Waals surface area (Å²) in [6.07, 6.45) is 6.70. The van der Waals surface area contributed by atoms with Crippen LogP contribution in [0.5, 0.6) is 0 Å². The average molecular weight is 274 g/mol. The van der Waals surface area contributed by atoms with E-state index in [2.05, 4.69) is 15.4 Å². The van der Waals surface area contributed by atoms with Crippen molar-refractivity contribution in [3.05, 3.63) is 28.0 Å². The van der Waals surface area contributed by atoms with Crippen LogP contribution in [0.4, 0.5) is 0 Å². The zero-order valence-electron chi connectivity index (χ0n) is 9.92. The number of nitrogens with one attached hydrogen (secondary N) is 1. The number of nitrogens with zero attached hydrogens (tertiary/aromatic N) is 2. The van der Waals surface area contributed by atoms with E-state index >= 15 is 0 Å². The Kier molecular flexibility index (Phi) is 4.62. The monoisotopic (exact) mass is 273 g/mol. The lowest BCUT2D eigenvalue weighted by atomic mass is 10.0. The molecule has 94 valence electrons. The summed E-state index contributed by atoms with van der Waals surface area (Å²) >= 11 is 11.9. The van der Waals surface area contributed by atoms with Crippen molar-refractivity contribution in [2.24, 2.45) is 0 Å². The van der Waals surface area contributed by atoms with Crippen molar-refractivity contribution in [2.45, 2.75) is 31.7 Å². The minimum atomic E-state index is 0.338. The Bertz CT molecular complexity index is 384. The van der Waals surface area contributed by atoms with Gasteiger partial charge in [0.2, 0.25) is 0 Å². The summed E-state index contributed by atoms with van der Waals surface area (Å²) < 4.78 is 0. The van der Waals surface area contributed by atoms with E-state index < -0.39 is 0 Å². The Morgan fingerprint density at radius 2 is 2.18 bits per heavy atom. The number of pyridine rings is 1. The molecule has 0 saturated carbocycles. The number of hydrogen-bond donors (Lipinski definition) is 1. The van der Waals surface area contributed by atoms with E-state index in [1.165, 1.54) is 19.3 Å². The highest BCUT2D eigenvalue weighted by Crippen LogP contribution is 2.31. The molecule has 2 heterocycles. The van der Waals surface area contributed by atoms with E-state index in [0.29, 0.717) is 16.2 Å². The average Bonchev–Trinajstić information content (AvgIpc) is 2.57. The van der Waals surface area contributed by atoms with Crippen LogP contribution < -0.4 is 5.43 Å². The normalized spacial score (nSPS) is 22.4. The molecule has 0 spiro atoms. The van der Waals surface area contributed by atoms with Crippen LogP contribution in [0.1, 0.15) is 37.3 Å². The first-order chi connectivity index (χ1) is 8.22. The van der Waals surface area contributed by atoms with Gasteiger partial charge in [-0.3, -0.25) is 5.43 Å². The molecule has 1 atom stereocenters. The maximum atomic E-state index is 6.03. The van der Waals surface area contributed by atoms with Gasteiger partial charge in [-0.2, -0.15) is 0 Å². The fraction of sp³-hybridized carbons (Fsp3) is 0.583. The molecule has 0 aromatic carbocycles. The van der Waals surface area contributed by atoms with E-state index in [0.717, 1.165) is 18.5 Å². The highest BCUT2D eigenvalue weighted by Gasteiger charge is 2.22. The topological polar surface area (TPSA) is 28.2 Å². The largest absolute Gasteiger partial charge is 0.258 e. The predicted octanol–water partition coefficient (Wildman–Crippen LogP) is 3.44. The second-order valence-electron chi connectivity index (χ2n) is 4.32. The Hall–Kier alpha value is -0.350. The van der Waals surface area contributed by atoms with Gasteiger partial charge < -0.3 is 0 Å². The molecule has 1 aromatic heterocycles. The highest BCUT2D eigenvalue weighted by molar-refractivity contribution is 6.41. The molecule has 1 saturated heterocycles. The lowest BCUT2D eigenvalue weighted by Gasteiger charge is -2.29. The van der Waals surface area contributed by atoms with Gasteiger partial charge in [-0.05, 0) is 31.5 Å². The Morgan fingerprint density at radius 1 is 1.35 bits per heavy atom. The van der Waals surface area contributed by atoms with Crippen molar-refractivity contribution >= 4 is 23.2 Å². The Labute approximate surface area is 112 Å². The predicted molar refractivity (Wildman–Crippen MR) is 71.2 cm³/mol. The fourth-order valence-electron chi connectivity index (χ4n) is 2.34. The molecule has 17 heavy (non-hydrogen) atoms. The van der Waals surface area contributed by atoms with Crippen molar-refractivity contribution in [2.75, 3.05) is 13.6 Å². The summed E-state index contributed by atoms with van der Waals surface area (Å²) in [5.74, 6) is 0. The zero-order valence-corrected chi connectivity index (χ0v) is 11.4. The lowest BCUT2D eigenvalue weighted by Crippen LogP contribution is -2.38. The quantitative estimate of drug-likeness (QED) is 0.837. The van der Waals surface area contributed by atoms with Gasteiger partial charge in [0.25, 0.3) is 0 Å². The molecule has 3 nitrogen and oxygen atoms in total. The minimum Gasteiger partial charge on any atom is -0.258 e. The summed E-state index contributed by atoms with van der Waals surface area (Å²) in [6.45, 7) is 1.06. The molecule has 0 bridgehead atoms. The molecule has 1 aliphatic rings. The molecular weight excluding hydrogens is 257 g/mol. The minimum absolute atomic E-state index is 0.338. The molecule has 5 heteroatoms. The third-order valence-corrected chi connectivity index (χ3v) is 3.93. The maximum Gasteiger partial charge on any atom is 0.147 e. The maximum absolute atomic E-state index is 6.03. The van der Waals surface area contributed by atoms with Crippen LogP contribution in [0.25, 0.3) is 0 Å². The first-order valence-electron chi connectivity index (χ1n) is 5.97. The fourth-order valence-corrected chi connectivity index (χ4v) is 2.62. The lowest BCUT2D eigenvalue weighted by molar-refractivity contribution is 0.142. The number of hydrogen-bond acceptors (Lipinski definition) is 3. The van der Waals surface area contributed by atoms with Crippen molar-refractivity contribution in [3.8, 4) is 0 Å². The van der Waals surface area contributed by atoms with Crippen LogP contribution in [0.2, 0.25) is 10.2 Å². The smallest absolute Gasteiger partial charge is 0.147 e. The highest BCUT2D eigenvalue weighted by atomic mass is 35.5. The van der Waals surface area contributed by atoms with Crippen molar-refractivity contribution in [1.29, 1.82) is 0 Å². The second-order valence-corrected chi connectivity index (χ2v) is 5.09. The first-order valence-corrected chi connectivity index (χ1v) is 6.73. The molecule has 1 N–H and O–H groups in total. The molecule has 1 aromatic rings. The Balaban J connectivity index is 2.25. The Morgan fingerprint density at radius 3 is 2.88 bits per heavy atom. The second kappa shape index (κ2) is 6.01. The standard InChI is InChI=1S/C12H17Cl2N3/c1-15-17-6-4-2-3-5-11(17)9-7-10(13)12(14)16-8-9/h7-8,11,15H,2-6H2,1H3/t11-/m0/s1. The van der Waals surface area contributed by atoms with E-state index in [1.807, 2.05) is 19.3 Å². The summed E-state index contributed by atoms with van der Waals surface area (Å²) in [5, 5.41) is 3.17. The van der Waals surface area contributed by atoms with Crippen molar-refractivity contribution < 1.29 is 0 Å². The van der Waals surface area contributed by atoms with Gasteiger partial charge in [0.1, 0.15) is 5.15 Å². The van der Waals surface area contributed by atoms with Crippen molar-refractivity contribution in [1.82, 2.24) is 15.4 Å². The van der Waals surface area contributed by atoms with Crippen LogP contribution >= 0.6 is 23.2 Å². The van der Waals surface area contributed by atoms with Gasteiger partial charge in [-0.1, -0.05) is 36.0 Å². The SMILES string of the molecule is CNN1CCCCC[C@H]1c1cnc(Cl)c(Cl)c1. The van der Waals surface area contributed by atoms with E-state index in [4.69, 9.17) is 23.2 Å². The van der Waals surface area contributed by atoms with Gasteiger partial charge in [0.15, 0.2) is 0 Å². The molecule has 0 radical (unpaired) electrons. The number of aromatic nitrogens is 1. The molecule has 1 fully saturated rings. The molecular formula is C12H17Cl2N3. The van der Waals surface area contributed by atoms with E-state index in [-0.39, 0.29) is 0 Å². The van der Waals surface area contributed by atoms with Crippen LogP contribution in [0, 0.1) is 0 Å². The van der Waals surface area contributed by atoms with Crippen LogP contribution in [0.15, 0.2) is 12.3 Å². The van der Waals surface area contributed by atoms with Gasteiger partial charge in [0, 0.05) is 12.7 Å². The number of halogens is 2. The number of hydrazine groups is 1. The third kappa shape index (κ3) is 3.10. The van der Waals surface area contributed by atoms with Gasteiger partial charge in [-0.15, -0.1) is 0 Å². The molecule has 0 unspecified atom stereocenters. The van der Waals surface area contributed by atoms with E-state index in [1.54, 1.807) is 0 Å². The molecule has 2 rings (SSSR count). The van der Waals surface area contributed by atoms with Crippen LogP contribution in [0.3, 0.4) is 0 Å². The summed E-state index contributed by atoms with van der Waals surface area (Å²) in [5.41, 5.74) is 4.39. The van der Waals surface area contributed by atoms with Crippen molar-refractivity contribution in [3.63, 3.8) is 0 Å². The molecule has 1 aliphatic heterocycles. The van der Waals surface area contributed by atoms with Gasteiger partial charge in [-0.25, -0.2) is 9.99 Å². The van der Waals surface area contributed by atoms with Gasteiger partial charge >= 0.3 is 0 Å². The molecule has 0 amide bonds. The van der Waals surface area contributed by atoms with Crippen LogP contribution in [-0.4, -0.2) is 23.6 Å². The first kappa shape index (κ1) is 13.1. The van der Waals surface area contributed by atoms with Crippen LogP contribution in [-0.2, 0) is 0 Å². The summed E-state index contributed by atoms with van der Waals surface area (Å²) in [4.78, 5) is 4.13. The zero-order chi connectivity index (χ0) is 12.3. The summed E-state index contributed by atoms with van der Waals surface area (Å²) in [7, 11) is 1.96. The number of rotatable bonds is 2. The molecule has 0 aliphatic carbocycles. The van der Waals surface area contributed by atoms with Gasteiger partial charge in [0.05, 0.1) is 11.1 Å². The summed E-state index contributed by atoms with van der Waals surface area (Å²) in [6, 6.07) is 2.27. The van der Waals surface area contributed by atoms with E-state index in [9.17, 15) is 0 Å². The third-order valence-electron chi connectivity index (χ3n) is 3.24.